The Morgan fingerprint density at radius 1 is 1.00 bits per heavy atom. The van der Waals surface area contributed by atoms with Crippen molar-refractivity contribution in [1.29, 1.82) is 10.5 Å². The smallest absolute Gasteiger partial charge is 0.102 e. The Bertz CT molecular complexity index is 609. The molecule has 0 saturated carbocycles. The first-order chi connectivity index (χ1) is 8.35. The molecule has 0 aliphatic rings. The standard InChI is InChI=1S/C13H7N3S/c14-8-10-4-3-5-12(11(10)9-15)17-13-6-1-2-7-16-13/h1-7H. The van der Waals surface area contributed by atoms with Crippen LogP contribution in [0.5, 0.6) is 0 Å². The van der Waals surface area contributed by atoms with Crippen LogP contribution in [0.1, 0.15) is 11.1 Å². The minimum Gasteiger partial charge on any atom is -0.250 e. The van der Waals surface area contributed by atoms with Crippen LogP contribution in [-0.2, 0) is 0 Å². The van der Waals surface area contributed by atoms with E-state index in [1.54, 1.807) is 18.3 Å². The summed E-state index contributed by atoms with van der Waals surface area (Å²) in [7, 11) is 0. The highest BCUT2D eigenvalue weighted by atomic mass is 32.2. The fraction of sp³-hybridized carbons (Fsp3) is 0. The van der Waals surface area contributed by atoms with Gasteiger partial charge in [-0.2, -0.15) is 10.5 Å². The van der Waals surface area contributed by atoms with Gasteiger partial charge in [-0.1, -0.05) is 23.9 Å². The first kappa shape index (κ1) is 11.2. The molecule has 0 spiro atoms. The third kappa shape index (κ3) is 2.44. The molecule has 4 heteroatoms. The Labute approximate surface area is 103 Å². The second-order valence-corrected chi connectivity index (χ2v) is 4.23. The van der Waals surface area contributed by atoms with Crippen LogP contribution in [0.25, 0.3) is 0 Å². The molecule has 1 aromatic carbocycles. The average Bonchev–Trinajstić information content (AvgIpc) is 2.39. The molecule has 0 N–H and O–H groups in total. The van der Waals surface area contributed by atoms with E-state index >= 15 is 0 Å². The maximum atomic E-state index is 9.07. The number of hydrogen-bond donors (Lipinski definition) is 0. The van der Waals surface area contributed by atoms with Gasteiger partial charge in [-0.3, -0.25) is 0 Å². The lowest BCUT2D eigenvalue weighted by atomic mass is 10.1. The van der Waals surface area contributed by atoms with Crippen molar-refractivity contribution in [2.75, 3.05) is 0 Å². The summed E-state index contributed by atoms with van der Waals surface area (Å²) in [5, 5.41) is 18.8. The molecular formula is C13H7N3S. The van der Waals surface area contributed by atoms with Crippen molar-refractivity contribution in [3.63, 3.8) is 0 Å². The molecule has 0 radical (unpaired) electrons. The van der Waals surface area contributed by atoms with Crippen molar-refractivity contribution >= 4 is 11.8 Å². The van der Waals surface area contributed by atoms with E-state index in [1.807, 2.05) is 30.3 Å². The van der Waals surface area contributed by atoms with Crippen LogP contribution in [0.3, 0.4) is 0 Å². The summed E-state index contributed by atoms with van der Waals surface area (Å²) in [4.78, 5) is 4.93. The molecule has 2 aromatic rings. The van der Waals surface area contributed by atoms with Crippen LogP contribution in [0, 0.1) is 22.7 Å². The van der Waals surface area contributed by atoms with Crippen LogP contribution in [0.2, 0.25) is 0 Å². The third-order valence-electron chi connectivity index (χ3n) is 2.11. The molecule has 2 rings (SSSR count). The van der Waals surface area contributed by atoms with E-state index in [9.17, 15) is 0 Å². The quantitative estimate of drug-likeness (QED) is 0.805. The highest BCUT2D eigenvalue weighted by Gasteiger charge is 2.09. The van der Waals surface area contributed by atoms with Gasteiger partial charge in [0.25, 0.3) is 0 Å². The molecule has 0 bridgehead atoms. The number of nitrogens with zero attached hydrogens (tertiary/aromatic N) is 3. The SMILES string of the molecule is N#Cc1cccc(Sc2ccccn2)c1C#N. The Balaban J connectivity index is 2.41. The Morgan fingerprint density at radius 3 is 2.53 bits per heavy atom. The van der Waals surface area contributed by atoms with E-state index in [-0.39, 0.29) is 0 Å². The van der Waals surface area contributed by atoms with E-state index in [2.05, 4.69) is 11.1 Å². The number of pyridine rings is 1. The molecule has 0 atom stereocenters. The lowest BCUT2D eigenvalue weighted by molar-refractivity contribution is 1.13. The van der Waals surface area contributed by atoms with Crippen LogP contribution in [0.4, 0.5) is 0 Å². The summed E-state index contributed by atoms with van der Waals surface area (Å²) in [6, 6.07) is 14.9. The van der Waals surface area contributed by atoms with E-state index < -0.39 is 0 Å². The van der Waals surface area contributed by atoms with Gasteiger partial charge in [-0.05, 0) is 24.3 Å². The number of aromatic nitrogens is 1. The minimum atomic E-state index is 0.397. The first-order valence-electron chi connectivity index (χ1n) is 4.87. The van der Waals surface area contributed by atoms with Gasteiger partial charge < -0.3 is 0 Å². The summed E-state index contributed by atoms with van der Waals surface area (Å²) in [6.45, 7) is 0. The van der Waals surface area contributed by atoms with Gasteiger partial charge in [0.1, 0.15) is 17.2 Å². The molecule has 1 aromatic heterocycles. The summed E-state index contributed by atoms with van der Waals surface area (Å²) >= 11 is 1.38. The van der Waals surface area contributed by atoms with Gasteiger partial charge >= 0.3 is 0 Å². The molecule has 1 heterocycles. The number of benzene rings is 1. The number of rotatable bonds is 2. The monoisotopic (exact) mass is 237 g/mol. The maximum absolute atomic E-state index is 9.07. The van der Waals surface area contributed by atoms with E-state index in [1.165, 1.54) is 11.8 Å². The molecule has 0 aliphatic carbocycles. The molecule has 0 aliphatic heterocycles. The fourth-order valence-electron chi connectivity index (χ4n) is 1.34. The summed E-state index contributed by atoms with van der Waals surface area (Å²) in [6.07, 6.45) is 1.70. The Kier molecular flexibility index (Phi) is 3.40. The first-order valence-corrected chi connectivity index (χ1v) is 5.69. The molecule has 0 unspecified atom stereocenters. The summed E-state index contributed by atoms with van der Waals surface area (Å²) in [5.74, 6) is 0. The fourth-order valence-corrected chi connectivity index (χ4v) is 2.23. The molecule has 0 fully saturated rings. The van der Waals surface area contributed by atoms with Crippen molar-refractivity contribution in [3.8, 4) is 12.1 Å². The molecule has 0 saturated heterocycles. The highest BCUT2D eigenvalue weighted by Crippen LogP contribution is 2.29. The molecule has 3 nitrogen and oxygen atoms in total. The van der Waals surface area contributed by atoms with Gasteiger partial charge in [0, 0.05) is 11.1 Å². The van der Waals surface area contributed by atoms with E-state index in [0.29, 0.717) is 11.1 Å². The van der Waals surface area contributed by atoms with Gasteiger partial charge in [0.15, 0.2) is 0 Å². The molecular weight excluding hydrogens is 230 g/mol. The van der Waals surface area contributed by atoms with Crippen LogP contribution >= 0.6 is 11.8 Å². The third-order valence-corrected chi connectivity index (χ3v) is 3.12. The number of nitriles is 2. The second kappa shape index (κ2) is 5.16. The van der Waals surface area contributed by atoms with Crippen LogP contribution < -0.4 is 0 Å². The zero-order valence-electron chi connectivity index (χ0n) is 8.79. The Hall–Kier alpha value is -2.30. The summed E-state index contributed by atoms with van der Waals surface area (Å²) in [5.41, 5.74) is 0.805. The van der Waals surface area contributed by atoms with Gasteiger partial charge in [0.2, 0.25) is 0 Å². The van der Waals surface area contributed by atoms with E-state index in [0.717, 1.165) is 9.92 Å². The maximum Gasteiger partial charge on any atom is 0.102 e. The second-order valence-electron chi connectivity index (χ2n) is 3.17. The van der Waals surface area contributed by atoms with Crippen LogP contribution in [0.15, 0.2) is 52.5 Å². The molecule has 0 amide bonds. The lowest BCUT2D eigenvalue weighted by Gasteiger charge is -2.03. The predicted octanol–water partition coefficient (Wildman–Crippen LogP) is 2.98. The minimum absolute atomic E-state index is 0.397. The van der Waals surface area contributed by atoms with Gasteiger partial charge in [-0.25, -0.2) is 4.98 Å². The van der Waals surface area contributed by atoms with Gasteiger partial charge in [-0.15, -0.1) is 0 Å². The van der Waals surface area contributed by atoms with Crippen molar-refractivity contribution in [2.45, 2.75) is 9.92 Å². The van der Waals surface area contributed by atoms with E-state index in [4.69, 9.17) is 10.5 Å². The van der Waals surface area contributed by atoms with Crippen molar-refractivity contribution < 1.29 is 0 Å². The zero-order valence-corrected chi connectivity index (χ0v) is 9.61. The Morgan fingerprint density at radius 2 is 1.88 bits per heavy atom. The van der Waals surface area contributed by atoms with Crippen molar-refractivity contribution in [1.82, 2.24) is 4.98 Å². The molecule has 80 valence electrons. The van der Waals surface area contributed by atoms with Crippen molar-refractivity contribution in [3.05, 3.63) is 53.7 Å². The topological polar surface area (TPSA) is 60.5 Å². The zero-order chi connectivity index (χ0) is 12.1. The largest absolute Gasteiger partial charge is 0.250 e. The number of hydrogen-bond acceptors (Lipinski definition) is 4. The van der Waals surface area contributed by atoms with Crippen LogP contribution in [-0.4, -0.2) is 4.98 Å². The average molecular weight is 237 g/mol. The van der Waals surface area contributed by atoms with Gasteiger partial charge in [0.05, 0.1) is 11.1 Å². The van der Waals surface area contributed by atoms with Crippen molar-refractivity contribution in [2.24, 2.45) is 0 Å². The lowest BCUT2D eigenvalue weighted by Crippen LogP contribution is -1.87. The molecule has 17 heavy (non-hydrogen) atoms. The normalized spacial score (nSPS) is 9.29. The summed E-state index contributed by atoms with van der Waals surface area (Å²) < 4.78 is 0. The highest BCUT2D eigenvalue weighted by molar-refractivity contribution is 7.99. The predicted molar refractivity (Wildman–Crippen MR) is 64.2 cm³/mol.